The Kier molecular flexibility index (Phi) is 3.72. The molecular formula is C17H13F4N. The number of hydrogen-bond donors (Lipinski definition) is 0. The van der Waals surface area contributed by atoms with Crippen molar-refractivity contribution in [3.8, 4) is 11.1 Å². The summed E-state index contributed by atoms with van der Waals surface area (Å²) in [4.78, 5) is 4.16. The molecule has 0 N–H and O–H groups in total. The summed E-state index contributed by atoms with van der Waals surface area (Å²) in [5.74, 6) is -3.75. The van der Waals surface area contributed by atoms with Gasteiger partial charge in [0, 0.05) is 24.6 Å². The second-order valence-corrected chi connectivity index (χ2v) is 5.34. The molecule has 1 aromatic heterocycles. The van der Waals surface area contributed by atoms with Crippen LogP contribution in [0.4, 0.5) is 17.6 Å². The van der Waals surface area contributed by atoms with E-state index < -0.39 is 17.6 Å². The molecule has 0 saturated heterocycles. The fourth-order valence-electron chi connectivity index (χ4n) is 2.52. The van der Waals surface area contributed by atoms with Crippen molar-refractivity contribution in [2.75, 3.05) is 0 Å². The minimum atomic E-state index is -2.67. The van der Waals surface area contributed by atoms with Crippen LogP contribution in [0.3, 0.4) is 0 Å². The van der Waals surface area contributed by atoms with Crippen LogP contribution in [-0.4, -0.2) is 10.9 Å². The number of hydrogen-bond acceptors (Lipinski definition) is 1. The van der Waals surface area contributed by atoms with Crippen molar-refractivity contribution in [2.45, 2.75) is 25.2 Å². The van der Waals surface area contributed by atoms with Gasteiger partial charge in [-0.15, -0.1) is 0 Å². The molecule has 1 nitrogen and oxygen atoms in total. The summed E-state index contributed by atoms with van der Waals surface area (Å²) in [7, 11) is 0. The van der Waals surface area contributed by atoms with Gasteiger partial charge in [-0.3, -0.25) is 4.98 Å². The average molecular weight is 307 g/mol. The summed E-state index contributed by atoms with van der Waals surface area (Å²) in [6, 6.07) is 6.39. The average Bonchev–Trinajstić information content (AvgIpc) is 2.50. The first-order valence-electron chi connectivity index (χ1n) is 6.93. The van der Waals surface area contributed by atoms with Crippen molar-refractivity contribution < 1.29 is 17.6 Å². The Labute approximate surface area is 125 Å². The lowest BCUT2D eigenvalue weighted by atomic mass is 9.93. The van der Waals surface area contributed by atoms with Gasteiger partial charge in [-0.05, 0) is 47.9 Å². The van der Waals surface area contributed by atoms with Crippen LogP contribution in [0.2, 0.25) is 0 Å². The van der Waals surface area contributed by atoms with E-state index in [9.17, 15) is 17.6 Å². The third kappa shape index (κ3) is 3.03. The third-order valence-corrected chi connectivity index (χ3v) is 3.74. The van der Waals surface area contributed by atoms with E-state index in [0.29, 0.717) is 16.8 Å². The molecule has 1 aliphatic rings. The molecule has 0 fully saturated rings. The van der Waals surface area contributed by atoms with E-state index in [1.807, 2.05) is 0 Å². The summed E-state index contributed by atoms with van der Waals surface area (Å²) in [6.07, 6.45) is 2.62. The summed E-state index contributed by atoms with van der Waals surface area (Å²) < 4.78 is 53.5. The summed E-state index contributed by atoms with van der Waals surface area (Å²) in [6.45, 7) is 0. The molecular weight excluding hydrogens is 294 g/mol. The quantitative estimate of drug-likeness (QED) is 0.692. The molecule has 0 bridgehead atoms. The molecule has 2 aromatic rings. The summed E-state index contributed by atoms with van der Waals surface area (Å²) in [5.41, 5.74) is 1.84. The zero-order valence-corrected chi connectivity index (χ0v) is 11.6. The molecule has 5 heteroatoms. The van der Waals surface area contributed by atoms with Crippen molar-refractivity contribution >= 4 is 5.57 Å². The van der Waals surface area contributed by atoms with Crippen LogP contribution < -0.4 is 0 Å². The number of benzene rings is 1. The number of nitrogens with zero attached hydrogens (tertiary/aromatic N) is 1. The van der Waals surface area contributed by atoms with Gasteiger partial charge in [-0.2, -0.15) is 0 Å². The molecule has 22 heavy (non-hydrogen) atoms. The minimum Gasteiger partial charge on any atom is -0.257 e. The van der Waals surface area contributed by atoms with Gasteiger partial charge in [0.05, 0.1) is 5.69 Å². The monoisotopic (exact) mass is 307 g/mol. The van der Waals surface area contributed by atoms with Crippen LogP contribution in [-0.2, 0) is 0 Å². The number of halogens is 4. The lowest BCUT2D eigenvalue weighted by molar-refractivity contribution is -0.00605. The summed E-state index contributed by atoms with van der Waals surface area (Å²) >= 11 is 0. The van der Waals surface area contributed by atoms with Gasteiger partial charge in [0.1, 0.15) is 11.6 Å². The van der Waals surface area contributed by atoms with E-state index in [1.165, 1.54) is 12.3 Å². The van der Waals surface area contributed by atoms with Gasteiger partial charge < -0.3 is 0 Å². The maximum absolute atomic E-state index is 13.8. The summed E-state index contributed by atoms with van der Waals surface area (Å²) in [5, 5.41) is 0. The van der Waals surface area contributed by atoms with E-state index in [0.717, 1.165) is 18.2 Å². The highest BCUT2D eigenvalue weighted by atomic mass is 19.3. The number of rotatable bonds is 2. The lowest BCUT2D eigenvalue weighted by Crippen LogP contribution is -2.18. The maximum Gasteiger partial charge on any atom is 0.251 e. The van der Waals surface area contributed by atoms with Crippen molar-refractivity contribution in [1.82, 2.24) is 4.98 Å². The molecule has 114 valence electrons. The van der Waals surface area contributed by atoms with Crippen LogP contribution in [0.25, 0.3) is 16.7 Å². The Bertz CT molecular complexity index is 737. The van der Waals surface area contributed by atoms with Crippen LogP contribution in [0.15, 0.2) is 42.6 Å². The smallest absolute Gasteiger partial charge is 0.251 e. The van der Waals surface area contributed by atoms with E-state index in [-0.39, 0.29) is 24.8 Å². The topological polar surface area (TPSA) is 12.9 Å². The highest BCUT2D eigenvalue weighted by Crippen LogP contribution is 2.36. The van der Waals surface area contributed by atoms with Crippen molar-refractivity contribution in [2.24, 2.45) is 0 Å². The number of allylic oxidation sites excluding steroid dienone is 2. The van der Waals surface area contributed by atoms with Crippen LogP contribution in [0.1, 0.15) is 25.0 Å². The molecule has 0 atom stereocenters. The molecule has 0 spiro atoms. The van der Waals surface area contributed by atoms with Gasteiger partial charge >= 0.3 is 0 Å². The predicted molar refractivity (Wildman–Crippen MR) is 76.4 cm³/mol. The lowest BCUT2D eigenvalue weighted by Gasteiger charge is -2.21. The first-order valence-corrected chi connectivity index (χ1v) is 6.93. The van der Waals surface area contributed by atoms with Crippen LogP contribution >= 0.6 is 0 Å². The first-order chi connectivity index (χ1) is 10.4. The maximum atomic E-state index is 13.8. The molecule has 1 aromatic carbocycles. The first kappa shape index (κ1) is 14.8. The van der Waals surface area contributed by atoms with Crippen molar-refractivity contribution in [3.05, 3.63) is 59.9 Å². The molecule has 0 unspecified atom stereocenters. The second-order valence-electron chi connectivity index (χ2n) is 5.34. The van der Waals surface area contributed by atoms with E-state index >= 15 is 0 Å². The molecule has 0 saturated carbocycles. The molecule has 0 radical (unpaired) electrons. The van der Waals surface area contributed by atoms with Gasteiger partial charge in [0.25, 0.3) is 5.92 Å². The zero-order chi connectivity index (χ0) is 15.7. The highest BCUT2D eigenvalue weighted by Gasteiger charge is 2.31. The van der Waals surface area contributed by atoms with E-state index in [2.05, 4.69) is 4.98 Å². The molecule has 0 amide bonds. The number of alkyl halides is 2. The normalized spacial score (nSPS) is 17.2. The number of pyridine rings is 1. The Morgan fingerprint density at radius 3 is 2.59 bits per heavy atom. The Morgan fingerprint density at radius 1 is 1.05 bits per heavy atom. The minimum absolute atomic E-state index is 0.130. The Hall–Kier alpha value is -2.17. The van der Waals surface area contributed by atoms with Crippen LogP contribution in [0, 0.1) is 11.6 Å². The predicted octanol–water partition coefficient (Wildman–Crippen LogP) is 5.23. The third-order valence-electron chi connectivity index (χ3n) is 3.74. The Morgan fingerprint density at radius 2 is 1.86 bits per heavy atom. The van der Waals surface area contributed by atoms with Gasteiger partial charge in [0.15, 0.2) is 0 Å². The van der Waals surface area contributed by atoms with E-state index in [4.69, 9.17) is 0 Å². The zero-order valence-electron chi connectivity index (χ0n) is 11.6. The number of aromatic nitrogens is 1. The SMILES string of the molecule is Fc1ccc(F)c(-c2ccnc(C3=CCC(F)(F)CC3)c2)c1. The van der Waals surface area contributed by atoms with Gasteiger partial charge in [-0.1, -0.05) is 6.08 Å². The van der Waals surface area contributed by atoms with Crippen LogP contribution in [0.5, 0.6) is 0 Å². The second kappa shape index (κ2) is 5.55. The molecule has 1 heterocycles. The molecule has 0 aliphatic heterocycles. The fourth-order valence-corrected chi connectivity index (χ4v) is 2.52. The molecule has 3 rings (SSSR count). The van der Waals surface area contributed by atoms with Gasteiger partial charge in [-0.25, -0.2) is 17.6 Å². The van der Waals surface area contributed by atoms with Crippen molar-refractivity contribution in [3.63, 3.8) is 0 Å². The largest absolute Gasteiger partial charge is 0.257 e. The van der Waals surface area contributed by atoms with E-state index in [1.54, 1.807) is 12.1 Å². The standard InChI is InChI=1S/C17H13F4N/c18-13-1-2-15(19)14(10-13)12-5-8-22-16(9-12)11-3-6-17(20,21)7-4-11/h1-3,5,8-10H,4,6-7H2. The Balaban J connectivity index is 1.97. The van der Waals surface area contributed by atoms with Crippen molar-refractivity contribution in [1.29, 1.82) is 0 Å². The molecule has 1 aliphatic carbocycles. The van der Waals surface area contributed by atoms with Gasteiger partial charge in [0.2, 0.25) is 0 Å². The fraction of sp³-hybridized carbons (Fsp3) is 0.235. The highest BCUT2D eigenvalue weighted by molar-refractivity contribution is 5.71.